The van der Waals surface area contributed by atoms with Crippen molar-refractivity contribution in [1.82, 2.24) is 15.5 Å². The molecule has 1 atom stereocenters. The summed E-state index contributed by atoms with van der Waals surface area (Å²) >= 11 is 0. The summed E-state index contributed by atoms with van der Waals surface area (Å²) in [6.45, 7) is -0.713. The van der Waals surface area contributed by atoms with Crippen molar-refractivity contribution < 1.29 is 43.0 Å². The highest BCUT2D eigenvalue weighted by Crippen LogP contribution is 2.33. The van der Waals surface area contributed by atoms with E-state index in [1.54, 1.807) is 48.5 Å². The lowest BCUT2D eigenvalue weighted by Gasteiger charge is -2.27. The zero-order valence-electron chi connectivity index (χ0n) is 24.9. The minimum absolute atomic E-state index is 0.00623. The average Bonchev–Trinajstić information content (AvgIpc) is 3.30. The second-order valence-corrected chi connectivity index (χ2v) is 10.5. The summed E-state index contributed by atoms with van der Waals surface area (Å²) in [5, 5.41) is 10.1. The van der Waals surface area contributed by atoms with Gasteiger partial charge >= 0.3 is 0 Å². The maximum atomic E-state index is 13.1. The Kier molecular flexibility index (Phi) is 9.86. The summed E-state index contributed by atoms with van der Waals surface area (Å²) in [6.07, 6.45) is 0.00126. The second-order valence-electron chi connectivity index (χ2n) is 10.5. The molecule has 15 heteroatoms. The number of nitrogens with two attached hydrogens (primary N) is 1. The van der Waals surface area contributed by atoms with Gasteiger partial charge in [0.1, 0.15) is 18.4 Å². The smallest absolute Gasteiger partial charge is 0.266 e. The Morgan fingerprint density at radius 3 is 2.38 bits per heavy atom. The lowest BCUT2D eigenvalue weighted by atomic mass is 10.0. The van der Waals surface area contributed by atoms with Crippen molar-refractivity contribution >= 4 is 58.4 Å². The van der Waals surface area contributed by atoms with Gasteiger partial charge in [0.05, 0.1) is 29.1 Å². The van der Waals surface area contributed by atoms with E-state index in [-0.39, 0.29) is 55.4 Å². The summed E-state index contributed by atoms with van der Waals surface area (Å²) in [5.74, 6) is -4.01. The van der Waals surface area contributed by atoms with Gasteiger partial charge in [-0.1, -0.05) is 18.2 Å². The summed E-state index contributed by atoms with van der Waals surface area (Å²) < 4.78 is 10.8. The molecule has 0 saturated carbocycles. The molecule has 6 N–H and O–H groups in total. The van der Waals surface area contributed by atoms with Gasteiger partial charge in [-0.25, -0.2) is 0 Å². The number of nitrogen functional groups attached to an aromatic ring is 1. The molecular formula is C32H30N6O9. The molecule has 5 rings (SSSR count). The Morgan fingerprint density at radius 1 is 0.872 bits per heavy atom. The number of hydrogen-bond acceptors (Lipinski definition) is 10. The van der Waals surface area contributed by atoms with Crippen molar-refractivity contribution in [3.05, 3.63) is 83.4 Å². The molecular weight excluding hydrogens is 612 g/mol. The Bertz CT molecular complexity index is 1760. The van der Waals surface area contributed by atoms with Crippen LogP contribution in [-0.4, -0.2) is 78.7 Å². The van der Waals surface area contributed by atoms with Crippen molar-refractivity contribution in [2.24, 2.45) is 0 Å². The molecule has 3 aromatic carbocycles. The normalized spacial score (nSPS) is 15.5. The lowest BCUT2D eigenvalue weighted by molar-refractivity contribution is -0.136. The third-order valence-electron chi connectivity index (χ3n) is 7.23. The first-order chi connectivity index (χ1) is 22.6. The van der Waals surface area contributed by atoms with Crippen LogP contribution in [0, 0.1) is 0 Å². The number of nitrogens with zero attached hydrogens (tertiary/aromatic N) is 1. The van der Waals surface area contributed by atoms with Crippen LogP contribution in [0.3, 0.4) is 0 Å². The maximum Gasteiger partial charge on any atom is 0.266 e. The van der Waals surface area contributed by atoms with Crippen molar-refractivity contribution in [2.75, 3.05) is 42.7 Å². The summed E-state index contributed by atoms with van der Waals surface area (Å²) in [4.78, 5) is 87.6. The van der Waals surface area contributed by atoms with Gasteiger partial charge in [0.25, 0.3) is 23.6 Å². The number of para-hydroxylation sites is 2. The number of fused-ring (bicyclic) bond motifs is 1. The van der Waals surface area contributed by atoms with Gasteiger partial charge in [-0.3, -0.25) is 43.8 Å². The summed E-state index contributed by atoms with van der Waals surface area (Å²) in [7, 11) is 0. The molecule has 15 nitrogen and oxygen atoms in total. The van der Waals surface area contributed by atoms with Crippen LogP contribution in [0.4, 0.5) is 17.1 Å². The molecule has 2 heterocycles. The first-order valence-electron chi connectivity index (χ1n) is 14.5. The predicted molar refractivity (Wildman–Crippen MR) is 166 cm³/mol. The topological polar surface area (TPSA) is 215 Å². The number of piperidine rings is 1. The van der Waals surface area contributed by atoms with E-state index in [0.29, 0.717) is 22.6 Å². The molecule has 0 spiro atoms. The standard InChI is InChI=1S/C32H30N6O9/c33-21-5-1-2-6-22(21)36-29(42)18-8-10-19(11-9-18)35-27(41)16-46-15-14-34-26(40)17-47-24-7-3-4-20-28(24)32(45)38(31(20)44)23-12-13-25(39)37-30(23)43/h1-11,23H,12-17,33H2,(H,34,40)(H,35,41)(H,36,42)(H,37,39,43). The summed E-state index contributed by atoms with van der Waals surface area (Å²) in [6, 6.07) is 16.3. The molecule has 1 saturated heterocycles. The number of carbonyl (C=O) groups excluding carboxylic acids is 7. The van der Waals surface area contributed by atoms with Gasteiger partial charge in [0.2, 0.25) is 17.7 Å². The molecule has 0 aliphatic carbocycles. The number of hydrogen-bond donors (Lipinski definition) is 5. The van der Waals surface area contributed by atoms with E-state index in [1.807, 2.05) is 0 Å². The molecule has 7 amide bonds. The Labute approximate surface area is 267 Å². The highest BCUT2D eigenvalue weighted by molar-refractivity contribution is 6.24. The van der Waals surface area contributed by atoms with Crippen LogP contribution in [-0.2, 0) is 23.9 Å². The van der Waals surface area contributed by atoms with Crippen LogP contribution >= 0.6 is 0 Å². The third kappa shape index (κ3) is 7.59. The number of carbonyl (C=O) groups is 7. The molecule has 47 heavy (non-hydrogen) atoms. The number of imide groups is 2. The molecule has 1 unspecified atom stereocenters. The van der Waals surface area contributed by atoms with Gasteiger partial charge in [0, 0.05) is 24.2 Å². The molecule has 1 fully saturated rings. The minimum atomic E-state index is -1.13. The first-order valence-corrected chi connectivity index (χ1v) is 14.5. The molecule has 0 bridgehead atoms. The van der Waals surface area contributed by atoms with Gasteiger partial charge in [0.15, 0.2) is 6.61 Å². The zero-order valence-corrected chi connectivity index (χ0v) is 24.9. The van der Waals surface area contributed by atoms with Crippen molar-refractivity contribution in [2.45, 2.75) is 18.9 Å². The van der Waals surface area contributed by atoms with Gasteiger partial charge in [-0.2, -0.15) is 0 Å². The molecule has 2 aliphatic heterocycles. The maximum absolute atomic E-state index is 13.1. The molecule has 0 aromatic heterocycles. The van der Waals surface area contributed by atoms with Gasteiger partial charge in [-0.15, -0.1) is 0 Å². The fourth-order valence-electron chi connectivity index (χ4n) is 4.93. The van der Waals surface area contributed by atoms with Crippen molar-refractivity contribution in [3.63, 3.8) is 0 Å². The fraction of sp³-hybridized carbons (Fsp3) is 0.219. The second kappa shape index (κ2) is 14.3. The monoisotopic (exact) mass is 642 g/mol. The number of anilines is 3. The Morgan fingerprint density at radius 2 is 1.64 bits per heavy atom. The first kappa shape index (κ1) is 32.3. The van der Waals surface area contributed by atoms with Crippen LogP contribution < -0.4 is 31.7 Å². The number of nitrogens with one attached hydrogen (secondary N) is 4. The van der Waals surface area contributed by atoms with Crippen LogP contribution in [0.5, 0.6) is 5.75 Å². The van der Waals surface area contributed by atoms with E-state index in [4.69, 9.17) is 15.2 Å². The van der Waals surface area contributed by atoms with E-state index in [2.05, 4.69) is 21.3 Å². The quantitative estimate of drug-likeness (QED) is 0.108. The Balaban J connectivity index is 1.01. The fourth-order valence-corrected chi connectivity index (χ4v) is 4.93. The van der Waals surface area contributed by atoms with Gasteiger partial charge in [-0.05, 0) is 55.0 Å². The predicted octanol–water partition coefficient (Wildman–Crippen LogP) is 1.07. The highest BCUT2D eigenvalue weighted by atomic mass is 16.5. The minimum Gasteiger partial charge on any atom is -0.483 e. The van der Waals surface area contributed by atoms with Crippen LogP contribution in [0.1, 0.15) is 43.9 Å². The largest absolute Gasteiger partial charge is 0.483 e. The zero-order chi connectivity index (χ0) is 33.5. The number of benzene rings is 3. The van der Waals surface area contributed by atoms with E-state index >= 15 is 0 Å². The molecule has 2 aliphatic rings. The summed E-state index contributed by atoms with van der Waals surface area (Å²) in [5.41, 5.74) is 7.56. The van der Waals surface area contributed by atoms with Crippen LogP contribution in [0.25, 0.3) is 0 Å². The number of ether oxygens (including phenoxy) is 2. The van der Waals surface area contributed by atoms with E-state index in [0.717, 1.165) is 4.90 Å². The number of rotatable bonds is 12. The van der Waals surface area contributed by atoms with Crippen molar-refractivity contribution in [3.8, 4) is 5.75 Å². The number of amides is 7. The lowest BCUT2D eigenvalue weighted by Crippen LogP contribution is -2.54. The SMILES string of the molecule is Nc1ccccc1NC(=O)c1ccc(NC(=O)COCCNC(=O)COc2cccc3c2C(=O)N(C2CCC(=O)NC2=O)C3=O)cc1. The molecule has 242 valence electrons. The van der Waals surface area contributed by atoms with Crippen molar-refractivity contribution in [1.29, 1.82) is 0 Å². The Hall–Kier alpha value is -6.09. The van der Waals surface area contributed by atoms with E-state index in [9.17, 15) is 33.6 Å². The van der Waals surface area contributed by atoms with Crippen LogP contribution in [0.15, 0.2) is 66.7 Å². The van der Waals surface area contributed by atoms with E-state index in [1.165, 1.54) is 18.2 Å². The average molecular weight is 643 g/mol. The molecule has 3 aromatic rings. The highest BCUT2D eigenvalue weighted by Gasteiger charge is 2.46. The third-order valence-corrected chi connectivity index (χ3v) is 7.23. The molecule has 0 radical (unpaired) electrons. The van der Waals surface area contributed by atoms with E-state index < -0.39 is 48.1 Å². The van der Waals surface area contributed by atoms with Gasteiger partial charge < -0.3 is 31.2 Å². The van der Waals surface area contributed by atoms with Crippen LogP contribution in [0.2, 0.25) is 0 Å².